The van der Waals surface area contributed by atoms with Gasteiger partial charge in [0.1, 0.15) is 10.7 Å². The van der Waals surface area contributed by atoms with Crippen molar-refractivity contribution in [2.24, 2.45) is 11.8 Å². The van der Waals surface area contributed by atoms with Crippen LogP contribution in [0.2, 0.25) is 5.02 Å². The normalized spacial score (nSPS) is 27.6. The third-order valence-electron chi connectivity index (χ3n) is 5.80. The van der Waals surface area contributed by atoms with Gasteiger partial charge < -0.3 is 10.2 Å². The lowest BCUT2D eigenvalue weighted by molar-refractivity contribution is 0.0837. The fraction of sp³-hybridized carbons (Fsp3) is 0.500. The van der Waals surface area contributed by atoms with E-state index in [9.17, 15) is 21.6 Å². The predicted molar refractivity (Wildman–Crippen MR) is 110 cm³/mol. The molecule has 0 amide bonds. The first kappa shape index (κ1) is 21.7. The fourth-order valence-electron chi connectivity index (χ4n) is 4.17. The first-order valence-corrected chi connectivity index (χ1v) is 12.0. The number of halogens is 4. The Morgan fingerprint density at radius 1 is 1.27 bits per heavy atom. The van der Waals surface area contributed by atoms with Crippen molar-refractivity contribution in [2.45, 2.75) is 35.7 Å². The number of nitrogens with zero attached hydrogens (tertiary/aromatic N) is 2. The number of fused-ring (bicyclic) bond motifs is 1. The molecule has 12 heteroatoms. The van der Waals surface area contributed by atoms with Crippen molar-refractivity contribution in [1.29, 1.82) is 0 Å². The second kappa shape index (κ2) is 7.54. The zero-order chi connectivity index (χ0) is 21.8. The maximum Gasteiger partial charge on any atom is 0.266 e. The van der Waals surface area contributed by atoms with Crippen LogP contribution in [0.5, 0.6) is 0 Å². The number of thiazole rings is 1. The number of anilines is 2. The van der Waals surface area contributed by atoms with E-state index in [1.807, 2.05) is 19.0 Å². The molecule has 1 aromatic carbocycles. The van der Waals surface area contributed by atoms with Crippen molar-refractivity contribution in [1.82, 2.24) is 9.88 Å². The molecule has 0 aliphatic heterocycles. The number of rotatable bonds is 6. The zero-order valence-corrected chi connectivity index (χ0v) is 18.5. The quantitative estimate of drug-likeness (QED) is 0.650. The van der Waals surface area contributed by atoms with Crippen molar-refractivity contribution in [3.8, 4) is 0 Å². The summed E-state index contributed by atoms with van der Waals surface area (Å²) in [7, 11) is -0.609. The van der Waals surface area contributed by atoms with Crippen LogP contribution in [0.1, 0.15) is 12.8 Å². The number of hydrogen-bond donors (Lipinski definition) is 2. The molecule has 6 nitrogen and oxygen atoms in total. The molecule has 0 saturated heterocycles. The molecule has 164 valence electrons. The first-order chi connectivity index (χ1) is 14.0. The van der Waals surface area contributed by atoms with E-state index in [2.05, 4.69) is 15.0 Å². The van der Waals surface area contributed by atoms with Gasteiger partial charge in [-0.2, -0.15) is 0 Å². The molecule has 2 aliphatic rings. The largest absolute Gasteiger partial charge is 0.379 e. The number of sulfonamides is 1. The van der Waals surface area contributed by atoms with Crippen LogP contribution in [0.4, 0.5) is 24.0 Å². The van der Waals surface area contributed by atoms with Crippen LogP contribution in [-0.2, 0) is 10.0 Å². The third-order valence-corrected chi connectivity index (χ3v) is 8.29. The standard InChI is InChI=1S/C18H20ClF3N4O2S2/c1-26(2)15-6-10-9(18(10,21)22)5-14(15)24-13-8-12(20)16(7-11(13)19)30(27,28)25-17-23-3-4-29-17/h3-4,7-10,14-15,24H,5-6H2,1-2H3,(H,23,25)/t9?,10?,14-,15?/m1/s1. The second-order valence-corrected chi connectivity index (χ2v) is 10.8. The van der Waals surface area contributed by atoms with Gasteiger partial charge in [0.15, 0.2) is 5.13 Å². The van der Waals surface area contributed by atoms with E-state index in [0.29, 0.717) is 6.42 Å². The molecule has 4 rings (SSSR count). The van der Waals surface area contributed by atoms with E-state index in [1.165, 1.54) is 6.20 Å². The summed E-state index contributed by atoms with van der Waals surface area (Å²) in [6, 6.07) is 1.44. The average Bonchev–Trinajstić information content (AvgIpc) is 2.97. The van der Waals surface area contributed by atoms with Crippen LogP contribution in [0, 0.1) is 17.7 Å². The van der Waals surface area contributed by atoms with Gasteiger partial charge in [0.25, 0.3) is 15.9 Å². The molecular weight excluding hydrogens is 461 g/mol. The van der Waals surface area contributed by atoms with Gasteiger partial charge in [-0.1, -0.05) is 11.6 Å². The van der Waals surface area contributed by atoms with Crippen LogP contribution >= 0.6 is 22.9 Å². The molecule has 2 aromatic rings. The van der Waals surface area contributed by atoms with E-state index in [-0.39, 0.29) is 34.3 Å². The Balaban J connectivity index is 1.57. The first-order valence-electron chi connectivity index (χ1n) is 9.23. The lowest BCUT2D eigenvalue weighted by atomic mass is 9.89. The molecule has 1 aromatic heterocycles. The minimum Gasteiger partial charge on any atom is -0.379 e. The van der Waals surface area contributed by atoms with Crippen LogP contribution in [-0.4, -0.2) is 50.4 Å². The lowest BCUT2D eigenvalue weighted by Crippen LogP contribution is -2.46. The van der Waals surface area contributed by atoms with Crippen molar-refractivity contribution < 1.29 is 21.6 Å². The average molecular weight is 481 g/mol. The van der Waals surface area contributed by atoms with E-state index in [4.69, 9.17) is 11.6 Å². The van der Waals surface area contributed by atoms with Gasteiger partial charge in [0.05, 0.1) is 10.7 Å². The molecule has 0 bridgehead atoms. The highest BCUT2D eigenvalue weighted by Gasteiger charge is 2.70. The Morgan fingerprint density at radius 2 is 1.97 bits per heavy atom. The van der Waals surface area contributed by atoms with Crippen LogP contribution < -0.4 is 10.0 Å². The molecule has 2 saturated carbocycles. The summed E-state index contributed by atoms with van der Waals surface area (Å²) in [5.74, 6) is -4.99. The predicted octanol–water partition coefficient (Wildman–Crippen LogP) is 4.12. The van der Waals surface area contributed by atoms with Gasteiger partial charge in [0.2, 0.25) is 0 Å². The molecule has 0 radical (unpaired) electrons. The summed E-state index contributed by atoms with van der Waals surface area (Å²) >= 11 is 7.30. The Kier molecular flexibility index (Phi) is 5.44. The van der Waals surface area contributed by atoms with Crippen LogP contribution in [0.15, 0.2) is 28.6 Å². The molecule has 3 unspecified atom stereocenters. The highest BCUT2D eigenvalue weighted by Crippen LogP contribution is 2.62. The Labute approximate surface area is 181 Å². The molecular formula is C18H20ClF3N4O2S2. The Bertz CT molecular complexity index is 1050. The number of alkyl halides is 2. The van der Waals surface area contributed by atoms with Crippen molar-refractivity contribution in [2.75, 3.05) is 24.1 Å². The van der Waals surface area contributed by atoms with E-state index in [0.717, 1.165) is 23.5 Å². The second-order valence-electron chi connectivity index (χ2n) is 7.85. The Morgan fingerprint density at radius 3 is 2.60 bits per heavy atom. The maximum atomic E-state index is 14.7. The molecule has 4 atom stereocenters. The number of hydrogen-bond acceptors (Lipinski definition) is 6. The third kappa shape index (κ3) is 3.88. The van der Waals surface area contributed by atoms with Crippen LogP contribution in [0.25, 0.3) is 0 Å². The monoisotopic (exact) mass is 480 g/mol. The molecule has 1 heterocycles. The number of likely N-dealkylation sites (N-methyl/N-ethyl adjacent to an activating group) is 1. The Hall–Kier alpha value is -1.56. The van der Waals surface area contributed by atoms with Crippen molar-refractivity contribution in [3.63, 3.8) is 0 Å². The highest BCUT2D eigenvalue weighted by molar-refractivity contribution is 7.93. The fourth-order valence-corrected chi connectivity index (χ4v) is 6.33. The van der Waals surface area contributed by atoms with Gasteiger partial charge in [-0.05, 0) is 39.1 Å². The summed E-state index contributed by atoms with van der Waals surface area (Å²) in [5.41, 5.74) is 0.168. The summed E-state index contributed by atoms with van der Waals surface area (Å²) in [6.07, 6.45) is 1.97. The SMILES string of the molecule is CN(C)C1CC2C(C[C@H]1Nc1cc(F)c(S(=O)(=O)Nc3nccs3)cc1Cl)C2(F)F. The maximum absolute atomic E-state index is 14.7. The van der Waals surface area contributed by atoms with Gasteiger partial charge >= 0.3 is 0 Å². The number of aromatic nitrogens is 1. The zero-order valence-electron chi connectivity index (χ0n) is 16.1. The van der Waals surface area contributed by atoms with Gasteiger partial charge in [-0.15, -0.1) is 11.3 Å². The molecule has 2 fully saturated rings. The topological polar surface area (TPSA) is 74.3 Å². The van der Waals surface area contributed by atoms with E-state index in [1.54, 1.807) is 5.38 Å². The van der Waals surface area contributed by atoms with E-state index < -0.39 is 38.5 Å². The summed E-state index contributed by atoms with van der Waals surface area (Å²) in [5, 5.41) is 4.73. The molecule has 0 spiro atoms. The summed E-state index contributed by atoms with van der Waals surface area (Å²) in [4.78, 5) is 5.06. The minimum absolute atomic E-state index is 0.0156. The molecule has 2 N–H and O–H groups in total. The van der Waals surface area contributed by atoms with Crippen molar-refractivity contribution in [3.05, 3.63) is 34.5 Å². The molecule has 2 aliphatic carbocycles. The minimum atomic E-state index is -4.22. The summed E-state index contributed by atoms with van der Waals surface area (Å²) < 4.78 is 69.7. The van der Waals surface area contributed by atoms with Crippen molar-refractivity contribution >= 4 is 43.8 Å². The number of nitrogens with one attached hydrogen (secondary N) is 2. The van der Waals surface area contributed by atoms with Gasteiger partial charge in [-0.25, -0.2) is 26.6 Å². The lowest BCUT2D eigenvalue weighted by Gasteiger charge is -2.36. The summed E-state index contributed by atoms with van der Waals surface area (Å²) in [6.45, 7) is 0. The molecule has 30 heavy (non-hydrogen) atoms. The smallest absolute Gasteiger partial charge is 0.266 e. The van der Waals surface area contributed by atoms with Crippen LogP contribution in [0.3, 0.4) is 0 Å². The van der Waals surface area contributed by atoms with Gasteiger partial charge in [0, 0.05) is 35.5 Å². The van der Waals surface area contributed by atoms with E-state index >= 15 is 0 Å². The number of benzene rings is 1. The highest BCUT2D eigenvalue weighted by atomic mass is 35.5. The van der Waals surface area contributed by atoms with Gasteiger partial charge in [-0.3, -0.25) is 4.72 Å².